The number of methoxy groups -OCH3 is 1. The number of nitrogens with zero attached hydrogens (tertiary/aromatic N) is 1. The van der Waals surface area contributed by atoms with Crippen LogP contribution >= 0.6 is 0 Å². The highest BCUT2D eigenvalue weighted by Gasteiger charge is 2.31. The van der Waals surface area contributed by atoms with Crippen molar-refractivity contribution in [3.63, 3.8) is 0 Å². The van der Waals surface area contributed by atoms with Gasteiger partial charge in [0.2, 0.25) is 15.9 Å². The molecular formula is C20H25N3O5S. The third-order valence-corrected chi connectivity index (χ3v) is 5.53. The predicted molar refractivity (Wildman–Crippen MR) is 111 cm³/mol. The number of carbonyl (C=O) groups excluding carboxylic acids is 2. The zero-order chi connectivity index (χ0) is 21.4. The second-order valence-corrected chi connectivity index (χ2v) is 8.42. The average molecular weight is 420 g/mol. The largest absolute Gasteiger partial charge is 0.383 e. The van der Waals surface area contributed by atoms with Crippen molar-refractivity contribution in [2.45, 2.75) is 6.04 Å². The van der Waals surface area contributed by atoms with Gasteiger partial charge in [-0.1, -0.05) is 42.5 Å². The predicted octanol–water partition coefficient (Wildman–Crippen LogP) is 1.63. The summed E-state index contributed by atoms with van der Waals surface area (Å²) in [6, 6.07) is 14.0. The van der Waals surface area contributed by atoms with Crippen molar-refractivity contribution in [1.29, 1.82) is 0 Å². The fourth-order valence-electron chi connectivity index (χ4n) is 2.71. The van der Waals surface area contributed by atoms with Crippen LogP contribution in [0, 0.1) is 0 Å². The summed E-state index contributed by atoms with van der Waals surface area (Å²) in [5.74, 6) is -0.938. The van der Waals surface area contributed by atoms with Gasteiger partial charge in [0, 0.05) is 20.7 Å². The van der Waals surface area contributed by atoms with E-state index in [0.29, 0.717) is 18.7 Å². The quantitative estimate of drug-likeness (QED) is 0.601. The van der Waals surface area contributed by atoms with Gasteiger partial charge in [-0.05, 0) is 17.7 Å². The lowest BCUT2D eigenvalue weighted by Gasteiger charge is -2.26. The Kier molecular flexibility index (Phi) is 7.89. The summed E-state index contributed by atoms with van der Waals surface area (Å²) in [4.78, 5) is 25.5. The summed E-state index contributed by atoms with van der Waals surface area (Å²) in [6.07, 6.45) is 1.04. The molecule has 1 atom stereocenters. The van der Waals surface area contributed by atoms with Crippen LogP contribution in [-0.4, -0.2) is 58.1 Å². The molecule has 0 fully saturated rings. The lowest BCUT2D eigenvalue weighted by Crippen LogP contribution is -2.38. The van der Waals surface area contributed by atoms with Crippen LogP contribution in [0.2, 0.25) is 0 Å². The Balaban J connectivity index is 2.32. The number of ether oxygens (including phenoxy) is 1. The van der Waals surface area contributed by atoms with Crippen molar-refractivity contribution in [1.82, 2.24) is 9.62 Å². The van der Waals surface area contributed by atoms with Gasteiger partial charge in [-0.15, -0.1) is 0 Å². The molecule has 0 aliphatic carbocycles. The summed E-state index contributed by atoms with van der Waals surface area (Å²) < 4.78 is 30.1. The van der Waals surface area contributed by atoms with E-state index < -0.39 is 22.0 Å². The van der Waals surface area contributed by atoms with Crippen molar-refractivity contribution < 1.29 is 22.7 Å². The maximum Gasteiger partial charge on any atom is 0.253 e. The Morgan fingerprint density at radius 3 is 2.31 bits per heavy atom. The molecule has 9 heteroatoms. The molecule has 0 aliphatic rings. The van der Waals surface area contributed by atoms with Crippen molar-refractivity contribution in [2.75, 3.05) is 38.9 Å². The molecule has 0 saturated heterocycles. The molecule has 2 N–H and O–H groups in total. The van der Waals surface area contributed by atoms with Gasteiger partial charge in [0.15, 0.2) is 0 Å². The van der Waals surface area contributed by atoms with Crippen LogP contribution in [0.3, 0.4) is 0 Å². The molecule has 1 unspecified atom stereocenters. The fraction of sp³-hybridized carbons (Fsp3) is 0.300. The number of benzene rings is 2. The number of amides is 2. The molecule has 0 radical (unpaired) electrons. The van der Waals surface area contributed by atoms with E-state index in [1.807, 2.05) is 0 Å². The summed E-state index contributed by atoms with van der Waals surface area (Å²) in [7, 11) is -0.776. The minimum atomic E-state index is -3.65. The van der Waals surface area contributed by atoms with Crippen LogP contribution in [0.5, 0.6) is 0 Å². The van der Waals surface area contributed by atoms with Crippen LogP contribution in [0.25, 0.3) is 0 Å². The summed E-state index contributed by atoms with van der Waals surface area (Å²) >= 11 is 0. The van der Waals surface area contributed by atoms with Crippen molar-refractivity contribution in [3.05, 3.63) is 65.7 Å². The molecule has 0 heterocycles. The molecule has 156 valence electrons. The minimum absolute atomic E-state index is 0.269. The lowest BCUT2D eigenvalue weighted by molar-refractivity contribution is -0.119. The number of likely N-dealkylation sites (N-methyl/N-ethyl adjacent to an activating group) is 1. The molecule has 0 aliphatic heterocycles. The third kappa shape index (κ3) is 6.11. The van der Waals surface area contributed by atoms with E-state index in [9.17, 15) is 18.0 Å². The minimum Gasteiger partial charge on any atom is -0.383 e. The van der Waals surface area contributed by atoms with Gasteiger partial charge in [-0.3, -0.25) is 9.59 Å². The SMILES string of the molecule is COCCNC(=O)c1ccccc1NC(=O)C(c1ccccc1)N(C)S(C)(=O)=O. The average Bonchev–Trinajstić information content (AvgIpc) is 2.68. The third-order valence-electron chi connectivity index (χ3n) is 4.27. The Bertz CT molecular complexity index is 948. The van der Waals surface area contributed by atoms with E-state index in [4.69, 9.17) is 4.74 Å². The first kappa shape index (κ1) is 22.5. The number of hydrogen-bond donors (Lipinski definition) is 2. The monoisotopic (exact) mass is 419 g/mol. The number of nitrogens with one attached hydrogen (secondary N) is 2. The van der Waals surface area contributed by atoms with Crippen molar-refractivity contribution >= 4 is 27.5 Å². The molecular weight excluding hydrogens is 394 g/mol. The molecule has 0 saturated carbocycles. The fourth-order valence-corrected chi connectivity index (χ4v) is 3.31. The highest BCUT2D eigenvalue weighted by atomic mass is 32.2. The van der Waals surface area contributed by atoms with Crippen molar-refractivity contribution in [2.24, 2.45) is 0 Å². The Morgan fingerprint density at radius 1 is 1.07 bits per heavy atom. The first-order chi connectivity index (χ1) is 13.8. The summed E-state index contributed by atoms with van der Waals surface area (Å²) in [5.41, 5.74) is 1.07. The maximum absolute atomic E-state index is 13.1. The van der Waals surface area contributed by atoms with Gasteiger partial charge < -0.3 is 15.4 Å². The highest BCUT2D eigenvalue weighted by molar-refractivity contribution is 7.88. The number of hydrogen-bond acceptors (Lipinski definition) is 5. The Morgan fingerprint density at radius 2 is 1.69 bits per heavy atom. The Hall–Kier alpha value is -2.75. The van der Waals surface area contributed by atoms with Crippen LogP contribution in [0.4, 0.5) is 5.69 Å². The Labute approximate surface area is 170 Å². The van der Waals surface area contributed by atoms with Crippen LogP contribution in [0.1, 0.15) is 22.0 Å². The molecule has 29 heavy (non-hydrogen) atoms. The first-order valence-electron chi connectivity index (χ1n) is 8.90. The molecule has 2 aromatic carbocycles. The van der Waals surface area contributed by atoms with Gasteiger partial charge in [-0.2, -0.15) is 4.31 Å². The number of rotatable bonds is 9. The molecule has 0 bridgehead atoms. The molecule has 8 nitrogen and oxygen atoms in total. The van der Waals surface area contributed by atoms with E-state index in [1.54, 1.807) is 54.6 Å². The highest BCUT2D eigenvalue weighted by Crippen LogP contribution is 2.25. The van der Waals surface area contributed by atoms with Gasteiger partial charge in [0.1, 0.15) is 6.04 Å². The van der Waals surface area contributed by atoms with Gasteiger partial charge in [-0.25, -0.2) is 8.42 Å². The van der Waals surface area contributed by atoms with Crippen LogP contribution in [-0.2, 0) is 19.6 Å². The second kappa shape index (κ2) is 10.1. The first-order valence-corrected chi connectivity index (χ1v) is 10.8. The molecule has 2 aromatic rings. The topological polar surface area (TPSA) is 105 Å². The summed E-state index contributed by atoms with van der Waals surface area (Å²) in [6.45, 7) is 0.677. The van der Waals surface area contributed by atoms with E-state index in [2.05, 4.69) is 10.6 Å². The molecule has 2 amide bonds. The number of anilines is 1. The van der Waals surface area contributed by atoms with Gasteiger partial charge in [0.25, 0.3) is 5.91 Å². The number of sulfonamides is 1. The van der Waals surface area contributed by atoms with Gasteiger partial charge in [0.05, 0.1) is 24.1 Å². The number of para-hydroxylation sites is 1. The van der Waals surface area contributed by atoms with Crippen LogP contribution < -0.4 is 10.6 Å². The maximum atomic E-state index is 13.1. The molecule has 0 aromatic heterocycles. The molecule has 2 rings (SSSR count). The lowest BCUT2D eigenvalue weighted by atomic mass is 10.1. The zero-order valence-electron chi connectivity index (χ0n) is 16.6. The summed E-state index contributed by atoms with van der Waals surface area (Å²) in [5, 5.41) is 5.40. The second-order valence-electron chi connectivity index (χ2n) is 6.38. The normalized spacial score (nSPS) is 12.4. The van der Waals surface area contributed by atoms with Gasteiger partial charge >= 0.3 is 0 Å². The van der Waals surface area contributed by atoms with E-state index in [0.717, 1.165) is 10.6 Å². The molecule has 0 spiro atoms. The van der Waals surface area contributed by atoms with E-state index >= 15 is 0 Å². The van der Waals surface area contributed by atoms with Crippen LogP contribution in [0.15, 0.2) is 54.6 Å². The van der Waals surface area contributed by atoms with Crippen molar-refractivity contribution in [3.8, 4) is 0 Å². The standard InChI is InChI=1S/C20H25N3O5S/c1-23(29(3,26)27)18(15-9-5-4-6-10-15)20(25)22-17-12-8-7-11-16(17)19(24)21-13-14-28-2/h4-12,18H,13-14H2,1-3H3,(H,21,24)(H,22,25). The zero-order valence-corrected chi connectivity index (χ0v) is 17.4. The smallest absolute Gasteiger partial charge is 0.253 e. The number of carbonyl (C=O) groups is 2. The van der Waals surface area contributed by atoms with E-state index in [-0.39, 0.29) is 17.2 Å². The van der Waals surface area contributed by atoms with E-state index in [1.165, 1.54) is 14.2 Å².